The molecule has 0 aliphatic heterocycles. The zero-order valence-electron chi connectivity index (χ0n) is 12.3. The first-order valence-electron chi connectivity index (χ1n) is 6.00. The maximum absolute atomic E-state index is 12.7. The van der Waals surface area contributed by atoms with Crippen molar-refractivity contribution >= 4 is 16.7 Å². The SMILES string of the molecule is COc1cccc(C(=O)N(C)C)c1S(=O)C(C)(C)C. The van der Waals surface area contributed by atoms with Crippen LogP contribution < -0.4 is 4.74 Å². The maximum Gasteiger partial charge on any atom is 0.254 e. The van der Waals surface area contributed by atoms with Gasteiger partial charge in [-0.15, -0.1) is 0 Å². The van der Waals surface area contributed by atoms with E-state index in [1.165, 1.54) is 12.0 Å². The molecule has 1 amide bonds. The monoisotopic (exact) mass is 283 g/mol. The second kappa shape index (κ2) is 5.74. The molecule has 1 aromatic carbocycles. The van der Waals surface area contributed by atoms with Crippen molar-refractivity contribution < 1.29 is 13.7 Å². The Kier molecular flexibility index (Phi) is 4.74. The van der Waals surface area contributed by atoms with E-state index in [4.69, 9.17) is 4.74 Å². The molecule has 5 heteroatoms. The lowest BCUT2D eigenvalue weighted by molar-refractivity contribution is 0.0823. The third-order valence-electron chi connectivity index (χ3n) is 2.58. The summed E-state index contributed by atoms with van der Waals surface area (Å²) in [5, 5.41) is 0. The molecule has 4 nitrogen and oxygen atoms in total. The van der Waals surface area contributed by atoms with Gasteiger partial charge in [-0.2, -0.15) is 0 Å². The standard InChI is InChI=1S/C14H21NO3S/c1-14(2,3)19(17)12-10(13(16)15(4)5)8-7-9-11(12)18-6/h7-9H,1-6H3. The average Bonchev–Trinajstić information content (AvgIpc) is 2.34. The van der Waals surface area contributed by atoms with Crippen molar-refractivity contribution in [1.29, 1.82) is 0 Å². The van der Waals surface area contributed by atoms with Crippen LogP contribution in [0.4, 0.5) is 0 Å². The number of carbonyl (C=O) groups excluding carboxylic acids is 1. The highest BCUT2D eigenvalue weighted by Crippen LogP contribution is 2.32. The molecule has 0 aliphatic rings. The summed E-state index contributed by atoms with van der Waals surface area (Å²) in [7, 11) is 3.53. The smallest absolute Gasteiger partial charge is 0.254 e. The zero-order chi connectivity index (χ0) is 14.8. The summed E-state index contributed by atoms with van der Waals surface area (Å²) in [6.07, 6.45) is 0. The van der Waals surface area contributed by atoms with Crippen molar-refractivity contribution in [3.8, 4) is 5.75 Å². The van der Waals surface area contributed by atoms with E-state index in [0.717, 1.165) is 0 Å². The molecule has 106 valence electrons. The molecule has 0 saturated heterocycles. The second-order valence-corrected chi connectivity index (χ2v) is 7.59. The molecular weight excluding hydrogens is 262 g/mol. The summed E-state index contributed by atoms with van der Waals surface area (Å²) >= 11 is 0. The number of benzene rings is 1. The van der Waals surface area contributed by atoms with Crippen LogP contribution in [0, 0.1) is 0 Å². The third-order valence-corrected chi connectivity index (χ3v) is 4.48. The van der Waals surface area contributed by atoms with Crippen LogP contribution in [0.15, 0.2) is 23.1 Å². The molecule has 0 aromatic heterocycles. The number of ether oxygens (including phenoxy) is 1. The Morgan fingerprint density at radius 2 is 1.84 bits per heavy atom. The summed E-state index contributed by atoms with van der Waals surface area (Å²) < 4.78 is 17.5. The van der Waals surface area contributed by atoms with E-state index in [1.54, 1.807) is 32.3 Å². The van der Waals surface area contributed by atoms with Crippen molar-refractivity contribution in [2.24, 2.45) is 0 Å². The van der Waals surface area contributed by atoms with Crippen LogP contribution >= 0.6 is 0 Å². The van der Waals surface area contributed by atoms with Crippen LogP contribution in [-0.4, -0.2) is 41.0 Å². The van der Waals surface area contributed by atoms with E-state index in [-0.39, 0.29) is 5.91 Å². The fraction of sp³-hybridized carbons (Fsp3) is 0.500. The van der Waals surface area contributed by atoms with E-state index in [2.05, 4.69) is 0 Å². The van der Waals surface area contributed by atoms with Gasteiger partial charge in [0.2, 0.25) is 0 Å². The minimum atomic E-state index is -1.33. The van der Waals surface area contributed by atoms with Gasteiger partial charge >= 0.3 is 0 Å². The summed E-state index contributed by atoms with van der Waals surface area (Å²) in [6.45, 7) is 5.62. The van der Waals surface area contributed by atoms with Crippen LogP contribution in [-0.2, 0) is 10.8 Å². The van der Waals surface area contributed by atoms with Gasteiger partial charge in [0, 0.05) is 18.8 Å². The number of rotatable bonds is 3. The van der Waals surface area contributed by atoms with Crippen LogP contribution in [0.1, 0.15) is 31.1 Å². The van der Waals surface area contributed by atoms with Crippen LogP contribution in [0.3, 0.4) is 0 Å². The van der Waals surface area contributed by atoms with E-state index in [1.807, 2.05) is 20.8 Å². The first kappa shape index (κ1) is 15.7. The molecule has 1 aromatic rings. The van der Waals surface area contributed by atoms with Gasteiger partial charge in [0.1, 0.15) is 5.75 Å². The van der Waals surface area contributed by atoms with Gasteiger partial charge in [-0.1, -0.05) is 6.07 Å². The molecule has 1 rings (SSSR count). The lowest BCUT2D eigenvalue weighted by Gasteiger charge is -2.22. The number of methoxy groups -OCH3 is 1. The van der Waals surface area contributed by atoms with Crippen LogP contribution in [0.25, 0.3) is 0 Å². The van der Waals surface area contributed by atoms with Crippen LogP contribution in [0.5, 0.6) is 5.75 Å². The lowest BCUT2D eigenvalue weighted by atomic mass is 10.2. The van der Waals surface area contributed by atoms with Gasteiger partial charge in [0.25, 0.3) is 5.91 Å². The van der Waals surface area contributed by atoms with E-state index >= 15 is 0 Å². The first-order chi connectivity index (χ1) is 8.70. The fourth-order valence-electron chi connectivity index (χ4n) is 1.58. The van der Waals surface area contributed by atoms with E-state index in [0.29, 0.717) is 16.2 Å². The van der Waals surface area contributed by atoms with Gasteiger partial charge < -0.3 is 9.64 Å². The molecule has 1 atom stereocenters. The third kappa shape index (κ3) is 3.35. The summed E-state index contributed by atoms with van der Waals surface area (Å²) in [4.78, 5) is 14.1. The van der Waals surface area contributed by atoms with Gasteiger partial charge in [-0.25, -0.2) is 0 Å². The fourth-order valence-corrected chi connectivity index (χ4v) is 2.88. The lowest BCUT2D eigenvalue weighted by Crippen LogP contribution is -2.27. The van der Waals surface area contributed by atoms with Crippen molar-refractivity contribution in [3.63, 3.8) is 0 Å². The number of amides is 1. The molecule has 0 N–H and O–H groups in total. The van der Waals surface area contributed by atoms with Crippen molar-refractivity contribution in [2.45, 2.75) is 30.4 Å². The Hall–Kier alpha value is -1.36. The Morgan fingerprint density at radius 1 is 1.26 bits per heavy atom. The van der Waals surface area contributed by atoms with Crippen molar-refractivity contribution in [1.82, 2.24) is 4.90 Å². The Labute approximate surface area is 117 Å². The topological polar surface area (TPSA) is 46.6 Å². The highest BCUT2D eigenvalue weighted by Gasteiger charge is 2.29. The van der Waals surface area contributed by atoms with Gasteiger partial charge in [-0.3, -0.25) is 9.00 Å². The second-order valence-electron chi connectivity index (χ2n) is 5.42. The molecule has 0 spiro atoms. The molecule has 0 fully saturated rings. The molecular formula is C14H21NO3S. The molecule has 0 saturated carbocycles. The minimum absolute atomic E-state index is 0.175. The Morgan fingerprint density at radius 3 is 2.26 bits per heavy atom. The maximum atomic E-state index is 12.7. The summed E-state index contributed by atoms with van der Waals surface area (Å²) in [5.41, 5.74) is 0.428. The van der Waals surface area contributed by atoms with E-state index in [9.17, 15) is 9.00 Å². The minimum Gasteiger partial charge on any atom is -0.495 e. The molecule has 1 unspecified atom stereocenters. The first-order valence-corrected chi connectivity index (χ1v) is 7.15. The molecule has 19 heavy (non-hydrogen) atoms. The molecule has 0 heterocycles. The summed E-state index contributed by atoms with van der Waals surface area (Å²) in [6, 6.07) is 5.15. The number of nitrogens with zero attached hydrogens (tertiary/aromatic N) is 1. The quantitative estimate of drug-likeness (QED) is 0.855. The average molecular weight is 283 g/mol. The Bertz CT molecular complexity index is 504. The number of hydrogen-bond acceptors (Lipinski definition) is 3. The normalized spacial score (nSPS) is 12.9. The largest absolute Gasteiger partial charge is 0.495 e. The van der Waals surface area contributed by atoms with Gasteiger partial charge in [0.05, 0.1) is 28.4 Å². The number of hydrogen-bond donors (Lipinski definition) is 0. The highest BCUT2D eigenvalue weighted by molar-refractivity contribution is 7.86. The summed E-state index contributed by atoms with van der Waals surface area (Å²) in [5.74, 6) is 0.312. The molecule has 0 radical (unpaired) electrons. The van der Waals surface area contributed by atoms with Crippen molar-refractivity contribution in [2.75, 3.05) is 21.2 Å². The van der Waals surface area contributed by atoms with Crippen LogP contribution in [0.2, 0.25) is 0 Å². The highest BCUT2D eigenvalue weighted by atomic mass is 32.2. The van der Waals surface area contributed by atoms with Gasteiger partial charge in [0.15, 0.2) is 0 Å². The molecule has 0 aliphatic carbocycles. The number of carbonyl (C=O) groups is 1. The van der Waals surface area contributed by atoms with E-state index < -0.39 is 15.5 Å². The van der Waals surface area contributed by atoms with Gasteiger partial charge in [-0.05, 0) is 32.9 Å². The Balaban J connectivity index is 3.50. The molecule has 0 bridgehead atoms. The predicted octanol–water partition coefficient (Wildman–Crippen LogP) is 2.30. The predicted molar refractivity (Wildman–Crippen MR) is 77.2 cm³/mol. The zero-order valence-corrected chi connectivity index (χ0v) is 13.1. The van der Waals surface area contributed by atoms with Crippen molar-refractivity contribution in [3.05, 3.63) is 23.8 Å².